The third-order valence-corrected chi connectivity index (χ3v) is 4.73. The van der Waals surface area contributed by atoms with Gasteiger partial charge in [0, 0.05) is 12.4 Å². The van der Waals surface area contributed by atoms with Gasteiger partial charge >= 0.3 is 0 Å². The monoisotopic (exact) mass is 421 g/mol. The molecule has 0 saturated heterocycles. The quantitative estimate of drug-likeness (QED) is 0.480. The van der Waals surface area contributed by atoms with E-state index >= 15 is 0 Å². The van der Waals surface area contributed by atoms with Crippen molar-refractivity contribution in [1.29, 1.82) is 0 Å². The largest absolute Gasteiger partial charge is 0.470 e. The van der Waals surface area contributed by atoms with Crippen molar-refractivity contribution >= 4 is 23.2 Å². The van der Waals surface area contributed by atoms with Crippen LogP contribution < -0.4 is 10.1 Å². The van der Waals surface area contributed by atoms with Crippen LogP contribution in [-0.2, 0) is 13.3 Å². The van der Waals surface area contributed by atoms with Crippen LogP contribution >= 0.6 is 11.6 Å². The molecule has 2 aromatic carbocycles. The van der Waals surface area contributed by atoms with E-state index in [-0.39, 0.29) is 18.3 Å². The number of rotatable bonds is 7. The lowest BCUT2D eigenvalue weighted by atomic mass is 10.1. The predicted molar refractivity (Wildman–Crippen MR) is 115 cm³/mol. The fourth-order valence-corrected chi connectivity index (χ4v) is 3.03. The number of benzene rings is 2. The van der Waals surface area contributed by atoms with Gasteiger partial charge in [0.15, 0.2) is 12.4 Å². The maximum absolute atomic E-state index is 12.5. The van der Waals surface area contributed by atoms with Crippen LogP contribution in [0.3, 0.4) is 0 Å². The molecule has 1 amide bonds. The normalized spacial score (nSPS) is 10.7. The fourth-order valence-electron chi connectivity index (χ4n) is 2.84. The van der Waals surface area contributed by atoms with Crippen LogP contribution in [0.2, 0.25) is 5.02 Å². The highest BCUT2D eigenvalue weighted by Crippen LogP contribution is 2.23. The van der Waals surface area contributed by atoms with Crippen LogP contribution in [0.1, 0.15) is 21.6 Å². The summed E-state index contributed by atoms with van der Waals surface area (Å²) in [5.74, 6) is 0.239. The summed E-state index contributed by atoms with van der Waals surface area (Å²) in [6, 6.07) is 17.1. The lowest BCUT2D eigenvalue weighted by molar-refractivity contribution is 0.102. The summed E-state index contributed by atoms with van der Waals surface area (Å²) in [6.07, 6.45) is 5.07. The Morgan fingerprint density at radius 2 is 1.90 bits per heavy atom. The van der Waals surface area contributed by atoms with E-state index in [1.165, 1.54) is 10.2 Å². The van der Waals surface area contributed by atoms with Crippen LogP contribution in [0, 0.1) is 6.92 Å². The molecule has 0 atom stereocenters. The number of anilines is 1. The highest BCUT2D eigenvalue weighted by atomic mass is 35.5. The molecule has 1 N–H and O–H groups in total. The van der Waals surface area contributed by atoms with Crippen molar-refractivity contribution in [1.82, 2.24) is 19.6 Å². The molecule has 0 saturated carbocycles. The first-order valence-corrected chi connectivity index (χ1v) is 9.75. The van der Waals surface area contributed by atoms with Crippen molar-refractivity contribution in [3.05, 3.63) is 95.0 Å². The molecule has 0 radical (unpaired) electrons. The van der Waals surface area contributed by atoms with Crippen LogP contribution in [0.4, 0.5) is 5.69 Å². The van der Waals surface area contributed by atoms with Gasteiger partial charge in [-0.2, -0.15) is 10.2 Å². The van der Waals surface area contributed by atoms with Gasteiger partial charge in [-0.25, -0.2) is 4.68 Å². The molecular formula is C22H20ClN5O2. The van der Waals surface area contributed by atoms with Gasteiger partial charge < -0.3 is 10.1 Å². The van der Waals surface area contributed by atoms with Crippen molar-refractivity contribution in [3.8, 4) is 5.75 Å². The minimum atomic E-state index is -0.318. The number of aryl methyl sites for hydroxylation is 1. The SMILES string of the molecule is Cc1ccc(Cn2cc(NC(=O)c3ccn(COc4ccccc4Cl)n3)cn2)cc1. The van der Waals surface area contributed by atoms with Gasteiger partial charge in [-0.1, -0.05) is 53.6 Å². The summed E-state index contributed by atoms with van der Waals surface area (Å²) in [5, 5.41) is 11.9. The minimum absolute atomic E-state index is 0.144. The van der Waals surface area contributed by atoms with Gasteiger partial charge in [-0.05, 0) is 30.7 Å². The van der Waals surface area contributed by atoms with E-state index < -0.39 is 0 Å². The zero-order valence-electron chi connectivity index (χ0n) is 16.3. The molecule has 2 heterocycles. The average molecular weight is 422 g/mol. The molecule has 8 heteroatoms. The lowest BCUT2D eigenvalue weighted by Crippen LogP contribution is -2.14. The van der Waals surface area contributed by atoms with Crippen molar-refractivity contribution in [2.75, 3.05) is 5.32 Å². The van der Waals surface area contributed by atoms with Crippen molar-refractivity contribution in [3.63, 3.8) is 0 Å². The lowest BCUT2D eigenvalue weighted by Gasteiger charge is -2.07. The number of para-hydroxylation sites is 1. The van der Waals surface area contributed by atoms with Crippen molar-refractivity contribution in [2.45, 2.75) is 20.2 Å². The van der Waals surface area contributed by atoms with Crippen LogP contribution in [0.5, 0.6) is 5.75 Å². The van der Waals surface area contributed by atoms with Gasteiger partial charge in [0.2, 0.25) is 0 Å². The molecule has 0 unspecified atom stereocenters. The molecule has 4 rings (SSSR count). The van der Waals surface area contributed by atoms with Gasteiger partial charge in [-0.3, -0.25) is 9.48 Å². The molecule has 2 aromatic heterocycles. The Bertz CT molecular complexity index is 1150. The number of carbonyl (C=O) groups excluding carboxylic acids is 1. The smallest absolute Gasteiger partial charge is 0.276 e. The van der Waals surface area contributed by atoms with E-state index in [1.807, 2.05) is 12.1 Å². The Morgan fingerprint density at radius 3 is 2.70 bits per heavy atom. The summed E-state index contributed by atoms with van der Waals surface area (Å²) in [6.45, 7) is 2.82. The zero-order valence-corrected chi connectivity index (χ0v) is 17.1. The summed E-state index contributed by atoms with van der Waals surface area (Å²) < 4.78 is 8.93. The Labute approximate surface area is 178 Å². The number of hydrogen-bond acceptors (Lipinski definition) is 4. The number of aromatic nitrogens is 4. The second kappa shape index (κ2) is 8.84. The summed E-state index contributed by atoms with van der Waals surface area (Å²) >= 11 is 6.07. The number of nitrogens with one attached hydrogen (secondary N) is 1. The number of hydrogen-bond donors (Lipinski definition) is 1. The maximum atomic E-state index is 12.5. The third kappa shape index (κ3) is 4.87. The molecule has 4 aromatic rings. The fraction of sp³-hybridized carbons (Fsp3) is 0.136. The maximum Gasteiger partial charge on any atom is 0.276 e. The topological polar surface area (TPSA) is 74.0 Å². The van der Waals surface area contributed by atoms with Crippen LogP contribution in [-0.4, -0.2) is 25.5 Å². The molecular weight excluding hydrogens is 402 g/mol. The van der Waals surface area contributed by atoms with Gasteiger partial charge in [0.05, 0.1) is 23.5 Å². The Kier molecular flexibility index (Phi) is 5.81. The van der Waals surface area contributed by atoms with Crippen molar-refractivity contribution < 1.29 is 9.53 Å². The molecule has 30 heavy (non-hydrogen) atoms. The zero-order chi connectivity index (χ0) is 20.9. The first-order chi connectivity index (χ1) is 14.6. The van der Waals surface area contributed by atoms with Gasteiger partial charge in [0.25, 0.3) is 5.91 Å². The van der Waals surface area contributed by atoms with E-state index in [0.29, 0.717) is 23.0 Å². The van der Waals surface area contributed by atoms with Crippen molar-refractivity contribution in [2.24, 2.45) is 0 Å². The molecule has 152 valence electrons. The summed E-state index contributed by atoms with van der Waals surface area (Å²) in [5.41, 5.74) is 3.24. The molecule has 7 nitrogen and oxygen atoms in total. The second-order valence-electron chi connectivity index (χ2n) is 6.81. The van der Waals surface area contributed by atoms with Gasteiger partial charge in [0.1, 0.15) is 5.75 Å². The van der Waals surface area contributed by atoms with Crippen LogP contribution in [0.15, 0.2) is 73.2 Å². The average Bonchev–Trinajstić information content (AvgIpc) is 3.39. The summed E-state index contributed by atoms with van der Waals surface area (Å²) in [7, 11) is 0. The number of nitrogens with zero attached hydrogens (tertiary/aromatic N) is 4. The first kappa shape index (κ1) is 19.7. The Hall–Kier alpha value is -3.58. The van der Waals surface area contributed by atoms with E-state index in [1.54, 1.807) is 41.5 Å². The number of ether oxygens (including phenoxy) is 1. The highest BCUT2D eigenvalue weighted by molar-refractivity contribution is 6.32. The Morgan fingerprint density at radius 1 is 1.10 bits per heavy atom. The number of carbonyl (C=O) groups is 1. The number of amides is 1. The molecule has 0 aliphatic rings. The highest BCUT2D eigenvalue weighted by Gasteiger charge is 2.12. The molecule has 0 bridgehead atoms. The van der Waals surface area contributed by atoms with Crippen LogP contribution in [0.25, 0.3) is 0 Å². The molecule has 0 aliphatic heterocycles. The predicted octanol–water partition coefficient (Wildman–Crippen LogP) is 4.38. The van der Waals surface area contributed by atoms with E-state index in [9.17, 15) is 4.79 Å². The molecule has 0 spiro atoms. The van der Waals surface area contributed by atoms with E-state index in [4.69, 9.17) is 16.3 Å². The molecule has 0 aliphatic carbocycles. The van der Waals surface area contributed by atoms with Gasteiger partial charge in [-0.15, -0.1) is 0 Å². The number of halogens is 1. The summed E-state index contributed by atoms with van der Waals surface area (Å²) in [4.78, 5) is 12.5. The minimum Gasteiger partial charge on any atom is -0.470 e. The third-order valence-electron chi connectivity index (χ3n) is 4.42. The Balaban J connectivity index is 1.34. The standard InChI is InChI=1S/C22H20ClN5O2/c1-16-6-8-17(9-7-16)13-28-14-18(12-24-28)25-22(29)20-10-11-27(26-20)15-30-21-5-3-2-4-19(21)23/h2-12,14H,13,15H2,1H3,(H,25,29). The first-order valence-electron chi connectivity index (χ1n) is 9.37. The van der Waals surface area contributed by atoms with E-state index in [2.05, 4.69) is 46.7 Å². The molecule has 0 fully saturated rings. The van der Waals surface area contributed by atoms with E-state index in [0.717, 1.165) is 5.56 Å². The second-order valence-corrected chi connectivity index (χ2v) is 7.22.